The number of aryl methyl sites for hydroxylation is 1. The number of rotatable bonds is 2. The van der Waals surface area contributed by atoms with Gasteiger partial charge in [-0.1, -0.05) is 65.0 Å². The molecule has 16 heavy (non-hydrogen) atoms. The van der Waals surface area contributed by atoms with Crippen molar-refractivity contribution in [3.8, 4) is 11.1 Å². The van der Waals surface area contributed by atoms with Crippen LogP contribution in [0.2, 0.25) is 0 Å². The van der Waals surface area contributed by atoms with Crippen LogP contribution in [0.3, 0.4) is 0 Å². The smallest absolute Gasteiger partial charge is 0.0259 e. The van der Waals surface area contributed by atoms with Crippen molar-refractivity contribution in [2.24, 2.45) is 0 Å². The van der Waals surface area contributed by atoms with E-state index in [2.05, 4.69) is 65.8 Å². The van der Waals surface area contributed by atoms with Gasteiger partial charge in [-0.3, -0.25) is 0 Å². The summed E-state index contributed by atoms with van der Waals surface area (Å²) in [6.45, 7) is 5.99. The molecular formula is C15H13Br. The molecular weight excluding hydrogens is 260 g/mol. The third kappa shape index (κ3) is 1.96. The Balaban J connectivity index is 2.73. The molecule has 0 saturated heterocycles. The van der Waals surface area contributed by atoms with E-state index in [-0.39, 0.29) is 0 Å². The van der Waals surface area contributed by atoms with E-state index < -0.39 is 0 Å². The Kier molecular flexibility index (Phi) is 3.25. The zero-order valence-electron chi connectivity index (χ0n) is 9.20. The van der Waals surface area contributed by atoms with E-state index in [0.717, 1.165) is 10.0 Å². The van der Waals surface area contributed by atoms with Crippen molar-refractivity contribution < 1.29 is 0 Å². The van der Waals surface area contributed by atoms with E-state index in [9.17, 15) is 0 Å². The summed E-state index contributed by atoms with van der Waals surface area (Å²) >= 11 is 3.61. The third-order valence-electron chi connectivity index (χ3n) is 2.68. The van der Waals surface area contributed by atoms with Crippen LogP contribution >= 0.6 is 15.9 Å². The minimum Gasteiger partial charge on any atom is -0.0984 e. The molecule has 0 aliphatic carbocycles. The maximum atomic E-state index is 3.87. The zero-order valence-corrected chi connectivity index (χ0v) is 10.8. The summed E-state index contributed by atoms with van der Waals surface area (Å²) in [6, 6.07) is 14.6. The summed E-state index contributed by atoms with van der Waals surface area (Å²) in [5.74, 6) is 0. The first-order valence-corrected chi connectivity index (χ1v) is 6.00. The largest absolute Gasteiger partial charge is 0.0984 e. The van der Waals surface area contributed by atoms with E-state index in [0.29, 0.717) is 0 Å². The van der Waals surface area contributed by atoms with E-state index >= 15 is 0 Å². The molecule has 0 radical (unpaired) electrons. The standard InChI is InChI=1S/C15H13Br/c1-3-12-8-6-10-14(16)15(12)13-9-5-4-7-11(13)2/h3-10H,1H2,2H3. The highest BCUT2D eigenvalue weighted by molar-refractivity contribution is 9.10. The summed E-state index contributed by atoms with van der Waals surface area (Å²) in [5, 5.41) is 0. The molecule has 0 bridgehead atoms. The molecule has 0 aliphatic heterocycles. The van der Waals surface area contributed by atoms with Gasteiger partial charge in [0.1, 0.15) is 0 Å². The van der Waals surface area contributed by atoms with Crippen LogP contribution in [0.5, 0.6) is 0 Å². The first-order chi connectivity index (χ1) is 7.74. The van der Waals surface area contributed by atoms with Crippen molar-refractivity contribution in [3.63, 3.8) is 0 Å². The predicted octanol–water partition coefficient (Wildman–Crippen LogP) is 5.07. The monoisotopic (exact) mass is 272 g/mol. The molecule has 2 aromatic carbocycles. The molecule has 0 amide bonds. The Hall–Kier alpha value is -1.34. The number of hydrogen-bond acceptors (Lipinski definition) is 0. The van der Waals surface area contributed by atoms with Crippen LogP contribution < -0.4 is 0 Å². The Bertz CT molecular complexity index is 527. The van der Waals surface area contributed by atoms with Crippen LogP contribution in [0.15, 0.2) is 53.5 Å². The molecule has 0 aromatic heterocycles. The van der Waals surface area contributed by atoms with E-state index in [1.807, 2.05) is 12.1 Å². The summed E-state index contributed by atoms with van der Waals surface area (Å²) in [6.07, 6.45) is 1.90. The molecule has 1 heteroatoms. The first-order valence-electron chi connectivity index (χ1n) is 5.21. The van der Waals surface area contributed by atoms with Crippen molar-refractivity contribution in [3.05, 3.63) is 64.6 Å². The Labute approximate surface area is 105 Å². The molecule has 2 rings (SSSR count). The molecule has 2 aromatic rings. The third-order valence-corrected chi connectivity index (χ3v) is 3.34. The van der Waals surface area contributed by atoms with E-state index in [4.69, 9.17) is 0 Å². The summed E-state index contributed by atoms with van der Waals surface area (Å²) in [5.41, 5.74) is 4.90. The number of halogens is 1. The van der Waals surface area contributed by atoms with Crippen molar-refractivity contribution in [2.45, 2.75) is 6.92 Å². The van der Waals surface area contributed by atoms with Crippen LogP contribution in [0.25, 0.3) is 17.2 Å². The molecule has 0 fully saturated rings. The van der Waals surface area contributed by atoms with Gasteiger partial charge in [-0.25, -0.2) is 0 Å². The second-order valence-corrected chi connectivity index (χ2v) is 4.58. The van der Waals surface area contributed by atoms with Gasteiger partial charge in [0.25, 0.3) is 0 Å². The summed E-state index contributed by atoms with van der Waals surface area (Å²) < 4.78 is 1.11. The lowest BCUT2D eigenvalue weighted by Crippen LogP contribution is -1.87. The Morgan fingerprint density at radius 3 is 2.50 bits per heavy atom. The van der Waals surface area contributed by atoms with Crippen LogP contribution in [-0.4, -0.2) is 0 Å². The summed E-state index contributed by atoms with van der Waals surface area (Å²) in [4.78, 5) is 0. The fourth-order valence-corrected chi connectivity index (χ4v) is 2.44. The molecule has 80 valence electrons. The number of benzene rings is 2. The molecule has 0 heterocycles. The minimum absolute atomic E-state index is 1.11. The van der Waals surface area contributed by atoms with E-state index in [1.165, 1.54) is 16.7 Å². The molecule has 0 saturated carbocycles. The van der Waals surface area contributed by atoms with Gasteiger partial charge in [0.15, 0.2) is 0 Å². The van der Waals surface area contributed by atoms with Gasteiger partial charge in [-0.05, 0) is 29.7 Å². The van der Waals surface area contributed by atoms with Crippen molar-refractivity contribution in [1.29, 1.82) is 0 Å². The van der Waals surface area contributed by atoms with E-state index in [1.54, 1.807) is 0 Å². The van der Waals surface area contributed by atoms with Gasteiger partial charge in [0.05, 0.1) is 0 Å². The molecule has 0 atom stereocenters. The highest BCUT2D eigenvalue weighted by Gasteiger charge is 2.08. The highest BCUT2D eigenvalue weighted by Crippen LogP contribution is 2.34. The predicted molar refractivity (Wildman–Crippen MR) is 74.4 cm³/mol. The fraction of sp³-hybridized carbons (Fsp3) is 0.0667. The maximum absolute atomic E-state index is 3.87. The van der Waals surface area contributed by atoms with Crippen LogP contribution in [0.4, 0.5) is 0 Å². The van der Waals surface area contributed by atoms with Crippen molar-refractivity contribution in [1.82, 2.24) is 0 Å². The normalized spacial score (nSPS) is 10.1. The van der Waals surface area contributed by atoms with Gasteiger partial charge in [0, 0.05) is 10.0 Å². The second kappa shape index (κ2) is 4.67. The highest BCUT2D eigenvalue weighted by atomic mass is 79.9. The fourth-order valence-electron chi connectivity index (χ4n) is 1.85. The Morgan fingerprint density at radius 1 is 1.06 bits per heavy atom. The molecule has 0 spiro atoms. The molecule has 0 nitrogen and oxygen atoms in total. The van der Waals surface area contributed by atoms with Gasteiger partial charge < -0.3 is 0 Å². The van der Waals surface area contributed by atoms with Crippen LogP contribution in [0, 0.1) is 6.92 Å². The van der Waals surface area contributed by atoms with Gasteiger partial charge >= 0.3 is 0 Å². The van der Waals surface area contributed by atoms with Gasteiger partial charge in [-0.15, -0.1) is 0 Å². The quantitative estimate of drug-likeness (QED) is 0.716. The SMILES string of the molecule is C=Cc1cccc(Br)c1-c1ccccc1C. The lowest BCUT2D eigenvalue weighted by Gasteiger charge is -2.11. The second-order valence-electron chi connectivity index (χ2n) is 3.72. The van der Waals surface area contributed by atoms with Crippen molar-refractivity contribution >= 4 is 22.0 Å². The van der Waals surface area contributed by atoms with Gasteiger partial charge in [-0.2, -0.15) is 0 Å². The first kappa shape index (κ1) is 11.2. The summed E-state index contributed by atoms with van der Waals surface area (Å²) in [7, 11) is 0. The van der Waals surface area contributed by atoms with Crippen LogP contribution in [-0.2, 0) is 0 Å². The topological polar surface area (TPSA) is 0 Å². The van der Waals surface area contributed by atoms with Crippen LogP contribution in [0.1, 0.15) is 11.1 Å². The molecule has 0 unspecified atom stereocenters. The van der Waals surface area contributed by atoms with Crippen molar-refractivity contribution in [2.75, 3.05) is 0 Å². The minimum atomic E-state index is 1.11. The average molecular weight is 273 g/mol. The lowest BCUT2D eigenvalue weighted by atomic mass is 9.96. The lowest BCUT2D eigenvalue weighted by molar-refractivity contribution is 1.44. The molecule has 0 N–H and O–H groups in total. The molecule has 0 aliphatic rings. The average Bonchev–Trinajstić information content (AvgIpc) is 2.30. The maximum Gasteiger partial charge on any atom is 0.0259 e. The zero-order chi connectivity index (χ0) is 11.5. The van der Waals surface area contributed by atoms with Gasteiger partial charge in [0.2, 0.25) is 0 Å². The Morgan fingerprint density at radius 2 is 1.81 bits per heavy atom. The number of hydrogen-bond donors (Lipinski definition) is 0.